The van der Waals surface area contributed by atoms with Crippen molar-refractivity contribution < 1.29 is 27.9 Å². The molecule has 0 saturated carbocycles. The Morgan fingerprint density at radius 1 is 0.879 bits per heavy atom. The van der Waals surface area contributed by atoms with Gasteiger partial charge in [0.25, 0.3) is 0 Å². The smallest absolute Gasteiger partial charge is 0.312 e. The van der Waals surface area contributed by atoms with Gasteiger partial charge in [0.15, 0.2) is 11.6 Å². The van der Waals surface area contributed by atoms with Gasteiger partial charge in [0.2, 0.25) is 5.91 Å². The summed E-state index contributed by atoms with van der Waals surface area (Å²) in [6.45, 7) is 6.40. The standard InChI is InChI=1S/C22H27F2N5O4/c1-14(2)19(29-13-25-17-11-15(23)16(24)12-18(17)29)20(30)26-3-5-27(6-4-26)21(31)22(32)28-7-9-33-10-8-28/h11-14,19H,3-10H2,1-2H3. The summed E-state index contributed by atoms with van der Waals surface area (Å²) in [7, 11) is 0. The SMILES string of the molecule is CC(C)C(C(=O)N1CCN(C(=O)C(=O)N2CCOCC2)CC1)n1cnc2cc(F)c(F)cc21. The van der Waals surface area contributed by atoms with Crippen LogP contribution in [0.3, 0.4) is 0 Å². The van der Waals surface area contributed by atoms with Gasteiger partial charge < -0.3 is 24.0 Å². The van der Waals surface area contributed by atoms with Crippen molar-refractivity contribution in [2.45, 2.75) is 19.9 Å². The Labute approximate surface area is 189 Å². The molecule has 0 aliphatic carbocycles. The predicted molar refractivity (Wildman–Crippen MR) is 114 cm³/mol. The highest BCUT2D eigenvalue weighted by Gasteiger charge is 2.35. The maximum atomic E-state index is 13.9. The Hall–Kier alpha value is -3.08. The number of piperazine rings is 1. The van der Waals surface area contributed by atoms with Crippen LogP contribution < -0.4 is 0 Å². The number of fused-ring (bicyclic) bond motifs is 1. The molecule has 33 heavy (non-hydrogen) atoms. The molecule has 1 aromatic carbocycles. The molecular formula is C22H27F2N5O4. The van der Waals surface area contributed by atoms with Crippen LogP contribution in [0.25, 0.3) is 11.0 Å². The van der Waals surface area contributed by atoms with E-state index in [1.807, 2.05) is 13.8 Å². The normalized spacial score (nSPS) is 18.2. The van der Waals surface area contributed by atoms with E-state index in [4.69, 9.17) is 4.74 Å². The van der Waals surface area contributed by atoms with Gasteiger partial charge in [0, 0.05) is 51.4 Å². The minimum atomic E-state index is -1.00. The summed E-state index contributed by atoms with van der Waals surface area (Å²) in [5.74, 6) is -3.45. The number of amides is 3. The van der Waals surface area contributed by atoms with Gasteiger partial charge in [-0.05, 0) is 5.92 Å². The molecule has 2 fully saturated rings. The van der Waals surface area contributed by atoms with Crippen molar-refractivity contribution in [1.29, 1.82) is 0 Å². The summed E-state index contributed by atoms with van der Waals surface area (Å²) in [6, 6.07) is 1.39. The first-order chi connectivity index (χ1) is 15.8. The van der Waals surface area contributed by atoms with Crippen LogP contribution in [-0.2, 0) is 19.1 Å². The molecule has 178 valence electrons. The van der Waals surface area contributed by atoms with Crippen LogP contribution in [0.2, 0.25) is 0 Å². The van der Waals surface area contributed by atoms with E-state index >= 15 is 0 Å². The van der Waals surface area contributed by atoms with Crippen LogP contribution in [0, 0.1) is 17.6 Å². The van der Waals surface area contributed by atoms with Gasteiger partial charge in [-0.1, -0.05) is 13.8 Å². The molecule has 11 heteroatoms. The molecule has 1 aromatic heterocycles. The number of halogens is 2. The Morgan fingerprint density at radius 2 is 1.42 bits per heavy atom. The quantitative estimate of drug-likeness (QED) is 0.635. The molecular weight excluding hydrogens is 436 g/mol. The first-order valence-corrected chi connectivity index (χ1v) is 11.0. The van der Waals surface area contributed by atoms with Crippen LogP contribution >= 0.6 is 0 Å². The number of aromatic nitrogens is 2. The fraction of sp³-hybridized carbons (Fsp3) is 0.545. The van der Waals surface area contributed by atoms with Gasteiger partial charge in [-0.3, -0.25) is 14.4 Å². The number of nitrogens with zero attached hydrogens (tertiary/aromatic N) is 5. The summed E-state index contributed by atoms with van der Waals surface area (Å²) in [4.78, 5) is 47.2. The zero-order valence-electron chi connectivity index (χ0n) is 18.7. The van der Waals surface area contributed by atoms with Gasteiger partial charge in [-0.15, -0.1) is 0 Å². The van der Waals surface area contributed by atoms with E-state index in [-0.39, 0.29) is 43.5 Å². The van der Waals surface area contributed by atoms with Gasteiger partial charge in [0.05, 0.1) is 30.6 Å². The van der Waals surface area contributed by atoms with Gasteiger partial charge in [-0.25, -0.2) is 13.8 Å². The molecule has 3 heterocycles. The van der Waals surface area contributed by atoms with E-state index in [0.717, 1.165) is 12.1 Å². The fourth-order valence-electron chi connectivity index (χ4n) is 4.32. The van der Waals surface area contributed by atoms with Crippen LogP contribution in [0.4, 0.5) is 8.78 Å². The summed E-state index contributed by atoms with van der Waals surface area (Å²) in [5.41, 5.74) is 0.607. The van der Waals surface area contributed by atoms with Crippen LogP contribution in [0.1, 0.15) is 19.9 Å². The van der Waals surface area contributed by atoms with Crippen LogP contribution in [-0.4, -0.2) is 94.5 Å². The number of rotatable bonds is 3. The molecule has 2 saturated heterocycles. The van der Waals surface area contributed by atoms with Crippen LogP contribution in [0.5, 0.6) is 0 Å². The van der Waals surface area contributed by atoms with Gasteiger partial charge in [0.1, 0.15) is 6.04 Å². The second-order valence-electron chi connectivity index (χ2n) is 8.62. The number of hydrogen-bond acceptors (Lipinski definition) is 5. The Bertz CT molecular complexity index is 1060. The first kappa shape index (κ1) is 23.1. The number of imidazole rings is 1. The molecule has 2 aliphatic rings. The highest BCUT2D eigenvalue weighted by atomic mass is 19.2. The molecule has 2 aliphatic heterocycles. The second kappa shape index (κ2) is 9.42. The third-order valence-corrected chi connectivity index (χ3v) is 6.16. The largest absolute Gasteiger partial charge is 0.378 e. The lowest BCUT2D eigenvalue weighted by atomic mass is 10.0. The van der Waals surface area contributed by atoms with Crippen molar-refractivity contribution in [3.63, 3.8) is 0 Å². The molecule has 1 unspecified atom stereocenters. The highest BCUT2D eigenvalue weighted by molar-refractivity contribution is 6.34. The number of benzene rings is 1. The topological polar surface area (TPSA) is 88.0 Å². The van der Waals surface area contributed by atoms with E-state index in [9.17, 15) is 23.2 Å². The average molecular weight is 463 g/mol. The average Bonchev–Trinajstić information content (AvgIpc) is 3.20. The van der Waals surface area contributed by atoms with E-state index < -0.39 is 29.5 Å². The van der Waals surface area contributed by atoms with Crippen molar-refractivity contribution in [1.82, 2.24) is 24.3 Å². The summed E-state index contributed by atoms with van der Waals surface area (Å²) in [5, 5.41) is 0. The number of ether oxygens (including phenoxy) is 1. The van der Waals surface area contributed by atoms with E-state index in [0.29, 0.717) is 31.8 Å². The van der Waals surface area contributed by atoms with Crippen molar-refractivity contribution in [3.8, 4) is 0 Å². The number of hydrogen-bond donors (Lipinski definition) is 0. The molecule has 1 atom stereocenters. The molecule has 4 rings (SSSR count). The third-order valence-electron chi connectivity index (χ3n) is 6.16. The lowest BCUT2D eigenvalue weighted by molar-refractivity contribution is -0.156. The maximum absolute atomic E-state index is 13.9. The monoisotopic (exact) mass is 463 g/mol. The van der Waals surface area contributed by atoms with Crippen LogP contribution in [0.15, 0.2) is 18.5 Å². The lowest BCUT2D eigenvalue weighted by Crippen LogP contribution is -2.56. The zero-order valence-corrected chi connectivity index (χ0v) is 18.7. The van der Waals surface area contributed by atoms with Crippen molar-refractivity contribution >= 4 is 28.8 Å². The Kier molecular flexibility index (Phi) is 6.59. The van der Waals surface area contributed by atoms with Crippen molar-refractivity contribution in [2.75, 3.05) is 52.5 Å². The minimum absolute atomic E-state index is 0.148. The van der Waals surface area contributed by atoms with E-state index in [2.05, 4.69) is 4.98 Å². The minimum Gasteiger partial charge on any atom is -0.378 e. The number of morpholine rings is 1. The summed E-state index contributed by atoms with van der Waals surface area (Å²) < 4.78 is 34.2. The Balaban J connectivity index is 1.45. The van der Waals surface area contributed by atoms with Gasteiger partial charge in [-0.2, -0.15) is 0 Å². The maximum Gasteiger partial charge on any atom is 0.312 e. The first-order valence-electron chi connectivity index (χ1n) is 11.0. The van der Waals surface area contributed by atoms with E-state index in [1.54, 1.807) is 9.47 Å². The molecule has 0 N–H and O–H groups in total. The number of carbonyl (C=O) groups is 3. The molecule has 3 amide bonds. The van der Waals surface area contributed by atoms with Crippen molar-refractivity contribution in [2.24, 2.45) is 5.92 Å². The molecule has 2 aromatic rings. The molecule has 9 nitrogen and oxygen atoms in total. The highest BCUT2D eigenvalue weighted by Crippen LogP contribution is 2.27. The molecule has 0 bridgehead atoms. The zero-order chi connectivity index (χ0) is 23.7. The summed E-state index contributed by atoms with van der Waals surface area (Å²) >= 11 is 0. The summed E-state index contributed by atoms with van der Waals surface area (Å²) in [6.07, 6.45) is 1.42. The van der Waals surface area contributed by atoms with Crippen molar-refractivity contribution in [3.05, 3.63) is 30.1 Å². The molecule has 0 radical (unpaired) electrons. The third kappa shape index (κ3) is 4.54. The fourth-order valence-corrected chi connectivity index (χ4v) is 4.32. The second-order valence-corrected chi connectivity index (χ2v) is 8.62. The van der Waals surface area contributed by atoms with E-state index in [1.165, 1.54) is 16.1 Å². The predicted octanol–water partition coefficient (Wildman–Crippen LogP) is 1.04. The molecule has 0 spiro atoms. The number of carbonyl (C=O) groups excluding carboxylic acids is 3. The van der Waals surface area contributed by atoms with Gasteiger partial charge >= 0.3 is 11.8 Å². The lowest BCUT2D eigenvalue weighted by Gasteiger charge is -2.38. The Morgan fingerprint density at radius 3 is 2.03 bits per heavy atom.